The zero-order chi connectivity index (χ0) is 22.5. The minimum atomic E-state index is -0.299. The van der Waals surface area contributed by atoms with Gasteiger partial charge in [0, 0.05) is 30.4 Å². The minimum absolute atomic E-state index is 0.254. The maximum atomic E-state index is 12.6. The van der Waals surface area contributed by atoms with Crippen molar-refractivity contribution in [2.45, 2.75) is 52.7 Å². The van der Waals surface area contributed by atoms with Gasteiger partial charge in [-0.2, -0.15) is 5.10 Å². The van der Waals surface area contributed by atoms with E-state index in [2.05, 4.69) is 29.2 Å². The lowest BCUT2D eigenvalue weighted by Crippen LogP contribution is -2.39. The Morgan fingerprint density at radius 1 is 1.35 bits per heavy atom. The molecule has 0 aliphatic carbocycles. The van der Waals surface area contributed by atoms with Gasteiger partial charge in [-0.15, -0.1) is 0 Å². The molecule has 31 heavy (non-hydrogen) atoms. The molecule has 1 atom stereocenters. The number of carbonyl (C=O) groups is 2. The molecule has 1 aliphatic rings. The van der Waals surface area contributed by atoms with Crippen molar-refractivity contribution in [3.05, 3.63) is 52.3 Å². The SMILES string of the molecule is Cc1nn(CC(C)C)c(Cl)c1/C=C/C(=O)Nc1ccccc1CN1CCCC1C(N)=O. The number of nitrogens with zero attached hydrogens (tertiary/aromatic N) is 3. The number of rotatable bonds is 8. The highest BCUT2D eigenvalue weighted by Gasteiger charge is 2.29. The van der Waals surface area contributed by atoms with Crippen LogP contribution in [0.5, 0.6) is 0 Å². The van der Waals surface area contributed by atoms with Crippen LogP contribution in [0.3, 0.4) is 0 Å². The molecule has 7 nitrogen and oxygen atoms in total. The first kappa shape index (κ1) is 23.0. The van der Waals surface area contributed by atoms with E-state index in [1.165, 1.54) is 6.08 Å². The van der Waals surface area contributed by atoms with Gasteiger partial charge in [0.05, 0.1) is 11.7 Å². The van der Waals surface area contributed by atoms with Crippen molar-refractivity contribution in [3.63, 3.8) is 0 Å². The third kappa shape index (κ3) is 5.74. The predicted molar refractivity (Wildman–Crippen MR) is 124 cm³/mol. The van der Waals surface area contributed by atoms with Gasteiger partial charge < -0.3 is 11.1 Å². The van der Waals surface area contributed by atoms with E-state index in [1.807, 2.05) is 31.2 Å². The Hall–Kier alpha value is -2.64. The zero-order valence-corrected chi connectivity index (χ0v) is 19.0. The third-order valence-electron chi connectivity index (χ3n) is 5.39. The van der Waals surface area contributed by atoms with Crippen LogP contribution >= 0.6 is 11.6 Å². The molecular weight excluding hydrogens is 414 g/mol. The number of carbonyl (C=O) groups excluding carboxylic acids is 2. The van der Waals surface area contributed by atoms with Gasteiger partial charge in [0.25, 0.3) is 0 Å². The van der Waals surface area contributed by atoms with Gasteiger partial charge in [0.1, 0.15) is 5.15 Å². The Morgan fingerprint density at radius 3 is 2.81 bits per heavy atom. The van der Waals surface area contributed by atoms with Gasteiger partial charge in [-0.05, 0) is 49.9 Å². The summed E-state index contributed by atoms with van der Waals surface area (Å²) >= 11 is 6.45. The summed E-state index contributed by atoms with van der Waals surface area (Å²) in [5, 5.41) is 7.93. The lowest BCUT2D eigenvalue weighted by Gasteiger charge is -2.23. The van der Waals surface area contributed by atoms with Crippen molar-refractivity contribution in [3.8, 4) is 0 Å². The van der Waals surface area contributed by atoms with Crippen molar-refractivity contribution >= 4 is 35.2 Å². The first-order valence-corrected chi connectivity index (χ1v) is 11.0. The number of likely N-dealkylation sites (tertiary alicyclic amines) is 1. The van der Waals surface area contributed by atoms with Crippen molar-refractivity contribution in [2.75, 3.05) is 11.9 Å². The standard InChI is InChI=1S/C23H30ClN5O2/c1-15(2)13-29-22(24)18(16(3)27-29)10-11-21(30)26-19-8-5-4-7-17(19)14-28-12-6-9-20(28)23(25)31/h4-5,7-8,10-11,15,20H,6,9,12-14H2,1-3H3,(H2,25,31)(H,26,30)/b11-10+. The third-order valence-corrected chi connectivity index (χ3v) is 5.79. The molecule has 8 heteroatoms. The Labute approximate surface area is 188 Å². The number of benzene rings is 1. The van der Waals surface area contributed by atoms with E-state index >= 15 is 0 Å². The molecule has 0 saturated carbocycles. The van der Waals surface area contributed by atoms with Crippen molar-refractivity contribution in [1.82, 2.24) is 14.7 Å². The first-order valence-electron chi connectivity index (χ1n) is 10.6. The largest absolute Gasteiger partial charge is 0.368 e. The van der Waals surface area contributed by atoms with Gasteiger partial charge in [-0.1, -0.05) is 43.6 Å². The Kier molecular flexibility index (Phi) is 7.51. The van der Waals surface area contributed by atoms with E-state index in [-0.39, 0.29) is 17.9 Å². The van der Waals surface area contributed by atoms with Gasteiger partial charge in [-0.25, -0.2) is 0 Å². The lowest BCUT2D eigenvalue weighted by molar-refractivity contribution is -0.122. The maximum Gasteiger partial charge on any atom is 0.248 e. The molecule has 1 unspecified atom stereocenters. The van der Waals surface area contributed by atoms with Crippen molar-refractivity contribution in [2.24, 2.45) is 11.7 Å². The summed E-state index contributed by atoms with van der Waals surface area (Å²) in [4.78, 5) is 26.3. The Morgan fingerprint density at radius 2 is 2.10 bits per heavy atom. The zero-order valence-electron chi connectivity index (χ0n) is 18.3. The molecule has 0 radical (unpaired) electrons. The fourth-order valence-electron chi connectivity index (χ4n) is 3.89. The molecule has 1 aromatic carbocycles. The number of aromatic nitrogens is 2. The van der Waals surface area contributed by atoms with Crippen LogP contribution in [-0.4, -0.2) is 39.1 Å². The number of nitrogens with one attached hydrogen (secondary N) is 1. The number of aryl methyl sites for hydroxylation is 1. The van der Waals surface area contributed by atoms with Crippen LogP contribution in [0, 0.1) is 12.8 Å². The summed E-state index contributed by atoms with van der Waals surface area (Å²) in [7, 11) is 0. The van der Waals surface area contributed by atoms with Crippen LogP contribution in [0.2, 0.25) is 5.15 Å². The molecule has 166 valence electrons. The molecule has 2 aromatic rings. The average Bonchev–Trinajstić information content (AvgIpc) is 3.26. The van der Waals surface area contributed by atoms with Crippen LogP contribution in [0.4, 0.5) is 5.69 Å². The number of amides is 2. The van der Waals surface area contributed by atoms with Crippen LogP contribution in [-0.2, 0) is 22.7 Å². The predicted octanol–water partition coefficient (Wildman–Crippen LogP) is 3.60. The molecule has 1 aromatic heterocycles. The number of primary amides is 1. The van der Waals surface area contributed by atoms with E-state index in [4.69, 9.17) is 17.3 Å². The second-order valence-corrected chi connectivity index (χ2v) is 8.73. The van der Waals surface area contributed by atoms with Crippen LogP contribution < -0.4 is 11.1 Å². The lowest BCUT2D eigenvalue weighted by atomic mass is 10.1. The number of nitrogens with two attached hydrogens (primary N) is 1. The van der Waals surface area contributed by atoms with Crippen molar-refractivity contribution in [1.29, 1.82) is 0 Å². The summed E-state index contributed by atoms with van der Waals surface area (Å²) in [6.07, 6.45) is 4.88. The normalized spacial score (nSPS) is 17.0. The molecular formula is C23H30ClN5O2. The quantitative estimate of drug-likeness (QED) is 0.609. The van der Waals surface area contributed by atoms with Gasteiger partial charge in [-0.3, -0.25) is 19.2 Å². The second kappa shape index (κ2) is 10.1. The molecule has 2 heterocycles. The van der Waals surface area contributed by atoms with Crippen LogP contribution in [0.15, 0.2) is 30.3 Å². The Balaban J connectivity index is 1.70. The summed E-state index contributed by atoms with van der Waals surface area (Å²) in [5.74, 6) is -0.141. The average molecular weight is 444 g/mol. The fraction of sp³-hybridized carbons (Fsp3) is 0.435. The number of hydrogen-bond acceptors (Lipinski definition) is 4. The topological polar surface area (TPSA) is 93.2 Å². The summed E-state index contributed by atoms with van der Waals surface area (Å²) < 4.78 is 1.76. The fourth-order valence-corrected chi connectivity index (χ4v) is 4.20. The molecule has 0 bridgehead atoms. The van der Waals surface area contributed by atoms with Gasteiger partial charge >= 0.3 is 0 Å². The number of para-hydroxylation sites is 1. The Bertz CT molecular complexity index is 982. The number of halogens is 1. The second-order valence-electron chi connectivity index (χ2n) is 8.38. The number of hydrogen-bond donors (Lipinski definition) is 2. The van der Waals surface area contributed by atoms with Crippen LogP contribution in [0.25, 0.3) is 6.08 Å². The monoisotopic (exact) mass is 443 g/mol. The molecule has 1 aliphatic heterocycles. The van der Waals surface area contributed by atoms with E-state index < -0.39 is 0 Å². The number of anilines is 1. The van der Waals surface area contributed by atoms with E-state index in [1.54, 1.807) is 10.8 Å². The van der Waals surface area contributed by atoms with Crippen molar-refractivity contribution < 1.29 is 9.59 Å². The first-order chi connectivity index (χ1) is 14.8. The molecule has 1 saturated heterocycles. The summed E-state index contributed by atoms with van der Waals surface area (Å²) in [5.41, 5.74) is 8.71. The van der Waals surface area contributed by atoms with E-state index in [0.29, 0.717) is 23.3 Å². The smallest absolute Gasteiger partial charge is 0.248 e. The maximum absolute atomic E-state index is 12.6. The molecule has 2 amide bonds. The molecule has 3 rings (SSSR count). The highest BCUT2D eigenvalue weighted by molar-refractivity contribution is 6.31. The molecule has 0 spiro atoms. The van der Waals surface area contributed by atoms with E-state index in [9.17, 15) is 9.59 Å². The highest BCUT2D eigenvalue weighted by Crippen LogP contribution is 2.25. The molecule has 3 N–H and O–H groups in total. The molecule has 1 fully saturated rings. The van der Waals surface area contributed by atoms with Gasteiger partial charge in [0.15, 0.2) is 0 Å². The van der Waals surface area contributed by atoms with Crippen LogP contribution in [0.1, 0.15) is 43.5 Å². The summed E-state index contributed by atoms with van der Waals surface area (Å²) in [6, 6.07) is 7.34. The minimum Gasteiger partial charge on any atom is -0.368 e. The summed E-state index contributed by atoms with van der Waals surface area (Å²) in [6.45, 7) is 8.16. The highest BCUT2D eigenvalue weighted by atomic mass is 35.5. The van der Waals surface area contributed by atoms with E-state index in [0.717, 1.165) is 42.8 Å². The van der Waals surface area contributed by atoms with Gasteiger partial charge in [0.2, 0.25) is 11.8 Å².